The molecule has 1 saturated carbocycles. The number of carbonyl (C=O) groups is 1. The number of nitrogens with one attached hydrogen (secondary N) is 1. The van der Waals surface area contributed by atoms with Crippen molar-refractivity contribution in [2.45, 2.75) is 63.3 Å². The predicted molar refractivity (Wildman–Crippen MR) is 134 cm³/mol. The smallest absolute Gasteiger partial charge is 0.248 e. The van der Waals surface area contributed by atoms with Crippen molar-refractivity contribution in [3.8, 4) is 5.75 Å². The zero-order valence-electron chi connectivity index (χ0n) is 20.7. The topological polar surface area (TPSA) is 102 Å². The minimum Gasteiger partial charge on any atom is -0.497 e. The van der Waals surface area contributed by atoms with Gasteiger partial charge in [0.2, 0.25) is 15.9 Å². The van der Waals surface area contributed by atoms with Crippen LogP contribution in [0.3, 0.4) is 0 Å². The largest absolute Gasteiger partial charge is 0.497 e. The molecule has 2 fully saturated rings. The van der Waals surface area contributed by atoms with Gasteiger partial charge in [-0.15, -0.1) is 0 Å². The first-order valence-corrected chi connectivity index (χ1v) is 13.8. The van der Waals surface area contributed by atoms with E-state index in [1.165, 1.54) is 10.7 Å². The number of aromatic nitrogens is 1. The maximum absolute atomic E-state index is 13.5. The summed E-state index contributed by atoms with van der Waals surface area (Å²) in [6.07, 6.45) is 8.97. The maximum Gasteiger partial charge on any atom is 0.248 e. The molecular formula is C26H35N3O5S. The first-order chi connectivity index (χ1) is 16.8. The van der Waals surface area contributed by atoms with E-state index in [0.29, 0.717) is 37.5 Å². The number of carbonyl (C=O) groups excluding carboxylic acids is 1. The van der Waals surface area contributed by atoms with Gasteiger partial charge >= 0.3 is 0 Å². The van der Waals surface area contributed by atoms with E-state index < -0.39 is 10.0 Å². The second kappa shape index (κ2) is 11.0. The third-order valence-electron chi connectivity index (χ3n) is 7.24. The van der Waals surface area contributed by atoms with Gasteiger partial charge in [0, 0.05) is 25.0 Å². The molecule has 2 aliphatic rings. The van der Waals surface area contributed by atoms with Crippen LogP contribution in [0, 0.1) is 18.8 Å². The molecule has 4 rings (SSSR count). The molecule has 2 heterocycles. The number of piperidine rings is 1. The number of benzene rings is 1. The Morgan fingerprint density at radius 2 is 1.80 bits per heavy atom. The van der Waals surface area contributed by atoms with Crippen molar-refractivity contribution < 1.29 is 22.5 Å². The Kier molecular flexibility index (Phi) is 7.96. The quantitative estimate of drug-likeness (QED) is 0.608. The SMILES string of the molecule is COc1ccc(/C=C\c2onc(C)c2S(=O)(=O)N2CCC(C(=O)NC3CCCCC3C)CC2)cc1. The van der Waals surface area contributed by atoms with Crippen LogP contribution in [0.4, 0.5) is 0 Å². The lowest BCUT2D eigenvalue weighted by Crippen LogP contribution is -2.47. The van der Waals surface area contributed by atoms with Crippen LogP contribution < -0.4 is 10.1 Å². The van der Waals surface area contributed by atoms with Gasteiger partial charge in [-0.2, -0.15) is 4.31 Å². The van der Waals surface area contributed by atoms with Crippen LogP contribution in [0.25, 0.3) is 12.2 Å². The molecule has 1 amide bonds. The monoisotopic (exact) mass is 501 g/mol. The number of sulfonamides is 1. The van der Waals surface area contributed by atoms with E-state index in [2.05, 4.69) is 17.4 Å². The van der Waals surface area contributed by atoms with E-state index in [1.54, 1.807) is 26.2 Å². The summed E-state index contributed by atoms with van der Waals surface area (Å²) in [5, 5.41) is 7.14. The number of nitrogens with zero attached hydrogens (tertiary/aromatic N) is 2. The molecule has 2 atom stereocenters. The average Bonchev–Trinajstić information content (AvgIpc) is 3.25. The van der Waals surface area contributed by atoms with E-state index in [0.717, 1.165) is 30.6 Å². The lowest BCUT2D eigenvalue weighted by Gasteiger charge is -2.34. The second-order valence-electron chi connectivity index (χ2n) is 9.62. The van der Waals surface area contributed by atoms with Gasteiger partial charge in [-0.3, -0.25) is 4.79 Å². The normalized spacial score (nSPS) is 22.4. The lowest BCUT2D eigenvalue weighted by atomic mass is 9.85. The molecule has 1 aliphatic heterocycles. The molecule has 0 spiro atoms. The van der Waals surface area contributed by atoms with Crippen molar-refractivity contribution in [2.75, 3.05) is 20.2 Å². The number of hydrogen-bond donors (Lipinski definition) is 1. The molecule has 0 bridgehead atoms. The van der Waals surface area contributed by atoms with Crippen LogP contribution in [0.15, 0.2) is 33.7 Å². The summed E-state index contributed by atoms with van der Waals surface area (Å²) in [6, 6.07) is 7.64. The van der Waals surface area contributed by atoms with Gasteiger partial charge in [-0.1, -0.05) is 43.1 Å². The molecule has 0 radical (unpaired) electrons. The fourth-order valence-electron chi connectivity index (χ4n) is 5.00. The molecule has 8 nitrogen and oxygen atoms in total. The van der Waals surface area contributed by atoms with Gasteiger partial charge in [0.1, 0.15) is 11.4 Å². The number of amides is 1. The Hall–Kier alpha value is -2.65. The van der Waals surface area contributed by atoms with Gasteiger partial charge in [0.15, 0.2) is 10.7 Å². The molecule has 1 N–H and O–H groups in total. The van der Waals surface area contributed by atoms with Crippen molar-refractivity contribution in [3.05, 3.63) is 41.3 Å². The highest BCUT2D eigenvalue weighted by Crippen LogP contribution is 2.30. The van der Waals surface area contributed by atoms with Gasteiger partial charge in [-0.25, -0.2) is 8.42 Å². The fourth-order valence-corrected chi connectivity index (χ4v) is 6.72. The highest BCUT2D eigenvalue weighted by atomic mass is 32.2. The van der Waals surface area contributed by atoms with Gasteiger partial charge < -0.3 is 14.6 Å². The number of hydrogen-bond acceptors (Lipinski definition) is 6. The first kappa shape index (κ1) is 25.4. The van der Waals surface area contributed by atoms with E-state index in [1.807, 2.05) is 24.3 Å². The Morgan fingerprint density at radius 3 is 2.46 bits per heavy atom. The number of aryl methyl sites for hydroxylation is 1. The van der Waals surface area contributed by atoms with Gasteiger partial charge in [-0.05, 0) is 62.3 Å². The van der Waals surface area contributed by atoms with Gasteiger partial charge in [0.25, 0.3) is 0 Å². The zero-order chi connectivity index (χ0) is 25.0. The first-order valence-electron chi connectivity index (χ1n) is 12.4. The average molecular weight is 502 g/mol. The predicted octanol–water partition coefficient (Wildman–Crippen LogP) is 4.26. The summed E-state index contributed by atoms with van der Waals surface area (Å²) in [4.78, 5) is 12.9. The molecular weight excluding hydrogens is 466 g/mol. The van der Waals surface area contributed by atoms with Crippen molar-refractivity contribution in [1.29, 1.82) is 0 Å². The van der Waals surface area contributed by atoms with Crippen LogP contribution in [-0.2, 0) is 14.8 Å². The third-order valence-corrected chi connectivity index (χ3v) is 9.30. The zero-order valence-corrected chi connectivity index (χ0v) is 21.5. The summed E-state index contributed by atoms with van der Waals surface area (Å²) >= 11 is 0. The van der Waals surface area contributed by atoms with Crippen molar-refractivity contribution in [1.82, 2.24) is 14.8 Å². The number of methoxy groups -OCH3 is 1. The summed E-state index contributed by atoms with van der Waals surface area (Å²) in [5.74, 6) is 1.34. The van der Waals surface area contributed by atoms with Crippen molar-refractivity contribution >= 4 is 28.1 Å². The van der Waals surface area contributed by atoms with E-state index in [9.17, 15) is 13.2 Å². The van der Waals surface area contributed by atoms with Crippen molar-refractivity contribution in [2.24, 2.45) is 11.8 Å². The highest BCUT2D eigenvalue weighted by Gasteiger charge is 2.36. The molecule has 1 aliphatic carbocycles. The molecule has 1 aromatic carbocycles. The molecule has 1 aromatic heterocycles. The number of ether oxygens (including phenoxy) is 1. The van der Waals surface area contributed by atoms with Crippen LogP contribution in [-0.4, -0.2) is 50.0 Å². The van der Waals surface area contributed by atoms with Crippen LogP contribution in [0.2, 0.25) is 0 Å². The summed E-state index contributed by atoms with van der Waals surface area (Å²) in [5.41, 5.74) is 1.20. The minimum absolute atomic E-state index is 0.0603. The van der Waals surface area contributed by atoms with E-state index in [-0.39, 0.29) is 28.5 Å². The highest BCUT2D eigenvalue weighted by molar-refractivity contribution is 7.89. The van der Waals surface area contributed by atoms with Crippen LogP contribution in [0.5, 0.6) is 5.75 Å². The van der Waals surface area contributed by atoms with E-state index in [4.69, 9.17) is 9.26 Å². The maximum atomic E-state index is 13.5. The third kappa shape index (κ3) is 5.78. The minimum atomic E-state index is -3.81. The standard InChI is InChI=1S/C26H35N3O5S/c1-18-6-4-5-7-23(18)27-26(30)21-14-16-29(17-15-21)35(31,32)25-19(2)28-34-24(25)13-10-20-8-11-22(33-3)12-9-20/h8-13,18,21,23H,4-7,14-17H2,1-3H3,(H,27,30)/b13-10-. The Balaban J connectivity index is 1.41. The Bertz CT molecular complexity index is 1150. The summed E-state index contributed by atoms with van der Waals surface area (Å²) < 4.78 is 39.0. The summed E-state index contributed by atoms with van der Waals surface area (Å²) in [7, 11) is -2.20. The number of rotatable bonds is 7. The van der Waals surface area contributed by atoms with Crippen LogP contribution in [0.1, 0.15) is 62.5 Å². The summed E-state index contributed by atoms with van der Waals surface area (Å²) in [6.45, 7) is 4.42. The second-order valence-corrected chi connectivity index (χ2v) is 11.5. The fraction of sp³-hybridized carbons (Fsp3) is 0.538. The molecule has 35 heavy (non-hydrogen) atoms. The van der Waals surface area contributed by atoms with Crippen LogP contribution >= 0.6 is 0 Å². The molecule has 190 valence electrons. The lowest BCUT2D eigenvalue weighted by molar-refractivity contribution is -0.127. The van der Waals surface area contributed by atoms with E-state index >= 15 is 0 Å². The molecule has 1 saturated heterocycles. The molecule has 2 unspecified atom stereocenters. The molecule has 9 heteroatoms. The van der Waals surface area contributed by atoms with Gasteiger partial charge in [0.05, 0.1) is 7.11 Å². The Labute approximate surface area is 207 Å². The Morgan fingerprint density at radius 1 is 1.11 bits per heavy atom. The molecule has 2 aromatic rings. The van der Waals surface area contributed by atoms with Crippen molar-refractivity contribution in [3.63, 3.8) is 0 Å².